The Morgan fingerprint density at radius 2 is 1.97 bits per heavy atom. The molecule has 0 fully saturated rings. The van der Waals surface area contributed by atoms with E-state index in [1.807, 2.05) is 18.9 Å². The molecule has 2 unspecified atom stereocenters. The van der Waals surface area contributed by atoms with Crippen LogP contribution in [-0.4, -0.2) is 47.8 Å². The molecule has 1 heterocycles. The molecule has 0 saturated carbocycles. The third-order valence-corrected chi connectivity index (χ3v) is 5.57. The SMILES string of the molecule is CCN(C)C=Nc1cc(PC)c(C(O)(Cc2cccc(F)n2)C(F)(F)F)cc1C. The minimum atomic E-state index is -4.98. The second kappa shape index (κ2) is 9.18. The van der Waals surface area contributed by atoms with Crippen LogP contribution in [0.1, 0.15) is 23.7 Å². The number of aryl methyl sites for hydroxylation is 1. The number of nitrogens with zero attached hydrogens (tertiary/aromatic N) is 3. The molecule has 4 nitrogen and oxygen atoms in total. The molecule has 0 aliphatic rings. The van der Waals surface area contributed by atoms with Crippen LogP contribution in [0.3, 0.4) is 0 Å². The average molecular weight is 429 g/mol. The van der Waals surface area contributed by atoms with Crippen LogP contribution in [0.4, 0.5) is 23.2 Å². The number of alkyl halides is 3. The van der Waals surface area contributed by atoms with E-state index in [-0.39, 0.29) is 19.8 Å². The lowest BCUT2D eigenvalue weighted by Gasteiger charge is -2.33. The van der Waals surface area contributed by atoms with Crippen molar-refractivity contribution in [2.75, 3.05) is 20.3 Å². The molecule has 0 spiro atoms. The van der Waals surface area contributed by atoms with Gasteiger partial charge in [-0.25, -0.2) is 9.98 Å². The largest absolute Gasteiger partial charge is 0.421 e. The van der Waals surface area contributed by atoms with Gasteiger partial charge in [-0.15, -0.1) is 0 Å². The molecular formula is C20H24F4N3OP. The Bertz CT molecular complexity index is 889. The number of benzene rings is 1. The van der Waals surface area contributed by atoms with Crippen LogP contribution < -0.4 is 5.30 Å². The molecule has 1 aromatic heterocycles. The van der Waals surface area contributed by atoms with Gasteiger partial charge in [-0.3, -0.25) is 0 Å². The average Bonchev–Trinajstić information content (AvgIpc) is 2.65. The monoisotopic (exact) mass is 429 g/mol. The van der Waals surface area contributed by atoms with Crippen LogP contribution in [0.2, 0.25) is 0 Å². The summed E-state index contributed by atoms with van der Waals surface area (Å²) in [5, 5.41) is 11.2. The maximum Gasteiger partial charge on any atom is 0.421 e. The summed E-state index contributed by atoms with van der Waals surface area (Å²) in [6, 6.07) is 6.46. The fourth-order valence-corrected chi connectivity index (χ4v) is 3.62. The summed E-state index contributed by atoms with van der Waals surface area (Å²) in [5.41, 5.74) is -2.60. The molecule has 1 aromatic carbocycles. The first-order valence-electron chi connectivity index (χ1n) is 8.99. The van der Waals surface area contributed by atoms with Crippen LogP contribution in [0.15, 0.2) is 35.3 Å². The molecule has 0 radical (unpaired) electrons. The molecule has 0 aliphatic carbocycles. The van der Waals surface area contributed by atoms with Crippen molar-refractivity contribution in [2.45, 2.75) is 32.0 Å². The van der Waals surface area contributed by atoms with Crippen LogP contribution >= 0.6 is 8.58 Å². The molecule has 1 N–H and O–H groups in total. The highest BCUT2D eigenvalue weighted by atomic mass is 31.1. The zero-order valence-electron chi connectivity index (χ0n) is 16.7. The Hall–Kier alpha value is -2.05. The number of rotatable bonds is 7. The second-order valence-corrected chi connectivity index (χ2v) is 7.78. The Balaban J connectivity index is 2.59. The van der Waals surface area contributed by atoms with Gasteiger partial charge in [0.2, 0.25) is 5.95 Å². The van der Waals surface area contributed by atoms with Gasteiger partial charge >= 0.3 is 6.18 Å². The van der Waals surface area contributed by atoms with Crippen LogP contribution in [0.5, 0.6) is 0 Å². The first-order chi connectivity index (χ1) is 13.5. The van der Waals surface area contributed by atoms with Crippen molar-refractivity contribution < 1.29 is 22.7 Å². The van der Waals surface area contributed by atoms with E-state index in [0.717, 1.165) is 12.6 Å². The Kier molecular flexibility index (Phi) is 7.35. The number of halogens is 4. The van der Waals surface area contributed by atoms with E-state index < -0.39 is 24.1 Å². The van der Waals surface area contributed by atoms with Crippen LogP contribution in [0, 0.1) is 12.9 Å². The minimum absolute atomic E-state index is 0.0102. The topological polar surface area (TPSA) is 48.7 Å². The van der Waals surface area contributed by atoms with Crippen LogP contribution in [0.25, 0.3) is 0 Å². The number of hydrogen-bond acceptors (Lipinski definition) is 3. The molecule has 0 saturated heterocycles. The minimum Gasteiger partial charge on any atom is -0.376 e. The quantitative estimate of drug-likeness (QED) is 0.237. The highest BCUT2D eigenvalue weighted by molar-refractivity contribution is 7.46. The number of hydrogen-bond donors (Lipinski definition) is 1. The van der Waals surface area contributed by atoms with Crippen molar-refractivity contribution in [3.8, 4) is 0 Å². The molecule has 2 atom stereocenters. The van der Waals surface area contributed by atoms with Gasteiger partial charge in [-0.1, -0.05) is 20.7 Å². The normalized spacial score (nSPS) is 14.7. The smallest absolute Gasteiger partial charge is 0.376 e. The van der Waals surface area contributed by atoms with Crippen molar-refractivity contribution in [3.05, 3.63) is 53.1 Å². The number of aliphatic hydroxyl groups is 1. The number of aliphatic imine (C=N–C) groups is 1. The molecule has 2 aromatic rings. The van der Waals surface area contributed by atoms with Crippen LogP contribution in [-0.2, 0) is 12.0 Å². The van der Waals surface area contributed by atoms with Crippen molar-refractivity contribution in [2.24, 2.45) is 4.99 Å². The fourth-order valence-electron chi connectivity index (χ4n) is 2.79. The van der Waals surface area contributed by atoms with E-state index in [0.29, 0.717) is 16.6 Å². The van der Waals surface area contributed by atoms with Crippen molar-refractivity contribution in [1.82, 2.24) is 9.88 Å². The van der Waals surface area contributed by atoms with E-state index in [1.165, 1.54) is 18.2 Å². The van der Waals surface area contributed by atoms with Gasteiger partial charge in [0, 0.05) is 31.3 Å². The molecule has 158 valence electrons. The van der Waals surface area contributed by atoms with E-state index in [2.05, 4.69) is 9.98 Å². The summed E-state index contributed by atoms with van der Waals surface area (Å²) in [4.78, 5) is 9.68. The van der Waals surface area contributed by atoms with E-state index in [4.69, 9.17) is 0 Å². The molecule has 2 rings (SSSR count). The van der Waals surface area contributed by atoms with E-state index >= 15 is 0 Å². The van der Waals surface area contributed by atoms with Gasteiger partial charge < -0.3 is 10.0 Å². The zero-order valence-corrected chi connectivity index (χ0v) is 17.7. The molecular weight excluding hydrogens is 405 g/mol. The van der Waals surface area contributed by atoms with Gasteiger partial charge in [0.15, 0.2) is 5.60 Å². The molecule has 9 heteroatoms. The third-order valence-electron chi connectivity index (χ3n) is 4.62. The van der Waals surface area contributed by atoms with Crippen molar-refractivity contribution in [1.29, 1.82) is 0 Å². The van der Waals surface area contributed by atoms with Crippen molar-refractivity contribution >= 4 is 25.9 Å². The standard InChI is InChI=1S/C20H24F4N3OP/c1-5-27(3)12-25-16-10-17(29-4)15(9-13(16)2)19(28,20(22,23)24)11-14-7-6-8-18(21)26-14/h6-10,12,28-29H,5,11H2,1-4H3. The first kappa shape index (κ1) is 23.2. The van der Waals surface area contributed by atoms with Gasteiger partial charge in [0.1, 0.15) is 0 Å². The Morgan fingerprint density at radius 1 is 1.28 bits per heavy atom. The molecule has 0 bridgehead atoms. The third kappa shape index (κ3) is 5.31. The molecule has 0 aliphatic heterocycles. The lowest BCUT2D eigenvalue weighted by atomic mass is 9.86. The predicted molar refractivity (Wildman–Crippen MR) is 109 cm³/mol. The zero-order chi connectivity index (χ0) is 21.8. The van der Waals surface area contributed by atoms with E-state index in [1.54, 1.807) is 26.0 Å². The van der Waals surface area contributed by atoms with Gasteiger partial charge in [-0.2, -0.15) is 17.6 Å². The highest BCUT2D eigenvalue weighted by Gasteiger charge is 2.56. The maximum atomic E-state index is 14.0. The summed E-state index contributed by atoms with van der Waals surface area (Å²) in [5.74, 6) is -0.898. The lowest BCUT2D eigenvalue weighted by molar-refractivity contribution is -0.266. The summed E-state index contributed by atoms with van der Waals surface area (Å²) in [6.45, 7) is 6.06. The fraction of sp³-hybridized carbons (Fsp3) is 0.400. The summed E-state index contributed by atoms with van der Waals surface area (Å²) < 4.78 is 55.5. The van der Waals surface area contributed by atoms with Crippen molar-refractivity contribution in [3.63, 3.8) is 0 Å². The summed E-state index contributed by atoms with van der Waals surface area (Å²) in [6.07, 6.45) is -4.25. The summed E-state index contributed by atoms with van der Waals surface area (Å²) >= 11 is 0. The van der Waals surface area contributed by atoms with Gasteiger partial charge in [0.25, 0.3) is 0 Å². The second-order valence-electron chi connectivity index (χ2n) is 6.74. The number of pyridine rings is 1. The van der Waals surface area contributed by atoms with Gasteiger partial charge in [0.05, 0.1) is 12.0 Å². The highest BCUT2D eigenvalue weighted by Crippen LogP contribution is 2.43. The summed E-state index contributed by atoms with van der Waals surface area (Å²) in [7, 11) is 1.83. The first-order valence-corrected chi connectivity index (χ1v) is 10.5. The molecule has 29 heavy (non-hydrogen) atoms. The lowest BCUT2D eigenvalue weighted by Crippen LogP contribution is -2.46. The predicted octanol–water partition coefficient (Wildman–Crippen LogP) is 4.07. The maximum absolute atomic E-state index is 14.0. The van der Waals surface area contributed by atoms with E-state index in [9.17, 15) is 22.7 Å². The molecule has 0 amide bonds. The Labute approximate surface area is 169 Å². The Morgan fingerprint density at radius 3 is 2.52 bits per heavy atom. The number of aromatic nitrogens is 1. The van der Waals surface area contributed by atoms with Gasteiger partial charge in [-0.05, 0) is 49.6 Å².